The Morgan fingerprint density at radius 1 is 0.571 bits per heavy atom. The lowest BCUT2D eigenvalue weighted by Gasteiger charge is -2.29. The minimum Gasteiger partial charge on any atom is -0.381 e. The Hall–Kier alpha value is -2.85. The number of amides is 3. The van der Waals surface area contributed by atoms with E-state index in [2.05, 4.69) is 86.8 Å². The maximum Gasteiger partial charge on any atom is 0.253 e. The molecule has 402 valence electrons. The molecule has 2 atom stereocenters. The van der Waals surface area contributed by atoms with Gasteiger partial charge in [-0.15, -0.1) is 0 Å². The molecule has 0 aliphatic carbocycles. The maximum atomic E-state index is 12.3. The van der Waals surface area contributed by atoms with Crippen LogP contribution in [0.15, 0.2) is 60.8 Å². The summed E-state index contributed by atoms with van der Waals surface area (Å²) < 4.78 is 20.4. The highest BCUT2D eigenvalue weighted by atomic mass is 16.8. The first kappa shape index (κ1) is 63.3. The molecule has 0 aromatic rings. The maximum absolute atomic E-state index is 12.3. The van der Waals surface area contributed by atoms with Crippen molar-refractivity contribution in [3.63, 3.8) is 0 Å². The van der Waals surface area contributed by atoms with Gasteiger partial charge in [-0.05, 0) is 130 Å². The van der Waals surface area contributed by atoms with Crippen LogP contribution in [0.5, 0.6) is 0 Å². The fraction of sp³-hybridized carbons (Fsp3) is 0.787. The molecule has 0 spiro atoms. The van der Waals surface area contributed by atoms with Crippen LogP contribution in [0.25, 0.3) is 0 Å². The van der Waals surface area contributed by atoms with E-state index in [4.69, 9.17) is 14.2 Å². The number of imide groups is 1. The van der Waals surface area contributed by atoms with E-state index in [9.17, 15) is 14.4 Å². The quantitative estimate of drug-likeness (QED) is 0.0368. The molecule has 0 aromatic carbocycles. The molecule has 0 aromatic heterocycles. The van der Waals surface area contributed by atoms with E-state index in [1.165, 1.54) is 145 Å². The zero-order chi connectivity index (χ0) is 50.4. The third-order valence-electron chi connectivity index (χ3n) is 13.8. The Labute approximate surface area is 430 Å². The van der Waals surface area contributed by atoms with Crippen molar-refractivity contribution in [1.82, 2.24) is 15.1 Å². The number of hydrogen-bond donors (Lipinski definition) is 1. The van der Waals surface area contributed by atoms with Crippen molar-refractivity contribution in [3.05, 3.63) is 60.8 Å². The van der Waals surface area contributed by atoms with Gasteiger partial charge in [0, 0.05) is 64.3 Å². The van der Waals surface area contributed by atoms with E-state index in [0.29, 0.717) is 26.1 Å². The van der Waals surface area contributed by atoms with Crippen molar-refractivity contribution >= 4 is 17.7 Å². The summed E-state index contributed by atoms with van der Waals surface area (Å²) in [7, 11) is 4.30. The smallest absolute Gasteiger partial charge is 0.253 e. The number of unbranched alkanes of at least 4 members (excludes halogenated alkanes) is 23. The zero-order valence-electron chi connectivity index (χ0n) is 45.8. The Balaban J connectivity index is 1.72. The minimum atomic E-state index is -0.476. The summed E-state index contributed by atoms with van der Waals surface area (Å²) in [6, 6.07) is 0. The van der Waals surface area contributed by atoms with Crippen LogP contribution in [0.4, 0.5) is 0 Å². The van der Waals surface area contributed by atoms with Gasteiger partial charge in [0.25, 0.3) is 11.8 Å². The Bertz CT molecular complexity index is 1370. The molecule has 2 rings (SSSR count). The predicted octanol–water partition coefficient (Wildman–Crippen LogP) is 15.4. The Morgan fingerprint density at radius 2 is 1.03 bits per heavy atom. The first-order chi connectivity index (χ1) is 34.3. The molecule has 2 heterocycles. The summed E-state index contributed by atoms with van der Waals surface area (Å²) in [5.41, 5.74) is 0. The third-order valence-corrected chi connectivity index (χ3v) is 13.8. The van der Waals surface area contributed by atoms with Crippen LogP contribution in [-0.4, -0.2) is 92.5 Å². The summed E-state index contributed by atoms with van der Waals surface area (Å²) >= 11 is 0. The van der Waals surface area contributed by atoms with E-state index in [1.54, 1.807) is 0 Å². The van der Waals surface area contributed by atoms with Crippen LogP contribution in [0.2, 0.25) is 0 Å². The van der Waals surface area contributed by atoms with E-state index in [0.717, 1.165) is 109 Å². The first-order valence-electron chi connectivity index (χ1n) is 29.3. The summed E-state index contributed by atoms with van der Waals surface area (Å²) in [6.07, 6.45) is 62.4. The number of allylic oxidation sites excluding steroid dienone is 8. The van der Waals surface area contributed by atoms with Crippen molar-refractivity contribution in [3.8, 4) is 0 Å². The SMILES string of the molecule is CCCCCC=CCC=CCCCCCCCCC1(CCCCCCCCC=CCC=CCCCCC)OC(CCOCCCCCCNC(=O)CCCCCN2C(=O)C=CC2=O)C(CCN(C)C)O1. The molecule has 0 radical (unpaired) electrons. The number of ether oxygens (including phenoxy) is 3. The average molecular weight is 979 g/mol. The number of nitrogens with one attached hydrogen (secondary N) is 1. The number of nitrogens with zero attached hydrogens (tertiary/aromatic N) is 2. The largest absolute Gasteiger partial charge is 0.381 e. The van der Waals surface area contributed by atoms with Gasteiger partial charge in [-0.2, -0.15) is 0 Å². The van der Waals surface area contributed by atoms with Gasteiger partial charge in [0.2, 0.25) is 5.91 Å². The Kier molecular flexibility index (Phi) is 40.5. The fourth-order valence-corrected chi connectivity index (χ4v) is 9.42. The second-order valence-corrected chi connectivity index (χ2v) is 20.6. The molecule has 70 heavy (non-hydrogen) atoms. The lowest BCUT2D eigenvalue weighted by atomic mass is 9.98. The molecule has 3 amide bonds. The molecule has 2 aliphatic rings. The molecule has 2 unspecified atom stereocenters. The van der Waals surface area contributed by atoms with Crippen LogP contribution < -0.4 is 5.32 Å². The molecule has 0 saturated carbocycles. The van der Waals surface area contributed by atoms with Crippen molar-refractivity contribution in [2.45, 2.75) is 263 Å². The van der Waals surface area contributed by atoms with Crippen molar-refractivity contribution in [2.75, 3.05) is 46.9 Å². The summed E-state index contributed by atoms with van der Waals surface area (Å²) in [5.74, 6) is -0.880. The first-order valence-corrected chi connectivity index (χ1v) is 29.3. The van der Waals surface area contributed by atoms with E-state index >= 15 is 0 Å². The van der Waals surface area contributed by atoms with Crippen LogP contribution >= 0.6 is 0 Å². The number of hydrogen-bond acceptors (Lipinski definition) is 7. The van der Waals surface area contributed by atoms with E-state index < -0.39 is 5.79 Å². The second-order valence-electron chi connectivity index (χ2n) is 20.6. The Morgan fingerprint density at radius 3 is 1.56 bits per heavy atom. The lowest BCUT2D eigenvalue weighted by Crippen LogP contribution is -2.31. The topological polar surface area (TPSA) is 97.4 Å². The van der Waals surface area contributed by atoms with Crippen LogP contribution in [0.3, 0.4) is 0 Å². The van der Waals surface area contributed by atoms with Gasteiger partial charge >= 0.3 is 0 Å². The monoisotopic (exact) mass is 978 g/mol. The van der Waals surface area contributed by atoms with E-state index in [1.807, 2.05) is 0 Å². The van der Waals surface area contributed by atoms with Gasteiger partial charge in [0.15, 0.2) is 5.79 Å². The molecular weight excluding hydrogens is 871 g/mol. The highest BCUT2D eigenvalue weighted by molar-refractivity contribution is 6.12. The van der Waals surface area contributed by atoms with Crippen LogP contribution in [-0.2, 0) is 28.6 Å². The van der Waals surface area contributed by atoms with Crippen molar-refractivity contribution in [2.24, 2.45) is 0 Å². The van der Waals surface area contributed by atoms with Gasteiger partial charge in [0.05, 0.1) is 12.2 Å². The molecule has 9 nitrogen and oxygen atoms in total. The molecule has 1 fully saturated rings. The van der Waals surface area contributed by atoms with Crippen LogP contribution in [0.1, 0.15) is 245 Å². The third kappa shape index (κ3) is 34.5. The fourth-order valence-electron chi connectivity index (χ4n) is 9.42. The van der Waals surface area contributed by atoms with Gasteiger partial charge in [0.1, 0.15) is 0 Å². The van der Waals surface area contributed by atoms with Gasteiger partial charge in [-0.3, -0.25) is 19.3 Å². The summed E-state index contributed by atoms with van der Waals surface area (Å²) in [6.45, 7) is 8.07. The summed E-state index contributed by atoms with van der Waals surface area (Å²) in [4.78, 5) is 39.1. The highest BCUT2D eigenvalue weighted by Crippen LogP contribution is 2.40. The zero-order valence-corrected chi connectivity index (χ0v) is 45.8. The summed E-state index contributed by atoms with van der Waals surface area (Å²) in [5, 5.41) is 3.04. The molecule has 2 aliphatic heterocycles. The minimum absolute atomic E-state index is 0.0635. The molecule has 9 heteroatoms. The number of carbonyl (C=O) groups is 3. The van der Waals surface area contributed by atoms with Crippen LogP contribution in [0, 0.1) is 0 Å². The standard InChI is InChI=1S/C61H107N3O6/c1-5-7-9-11-13-15-17-19-21-23-25-27-29-31-33-39-49-61(50-40-34-32-30-28-26-24-22-20-18-16-14-12-10-8-6-2)69-56(47-53-63(3)4)57(70-61)48-55-68-54-43-36-35-41-51-62-58(65)44-38-37-42-52-64-59(66)45-46-60(64)67/h13-16,19-22,45-46,56-57H,5-12,17-18,23-44,47-55H2,1-4H3,(H,62,65). The lowest BCUT2D eigenvalue weighted by molar-refractivity contribution is -0.188. The van der Waals surface area contributed by atoms with Gasteiger partial charge < -0.3 is 24.4 Å². The van der Waals surface area contributed by atoms with Gasteiger partial charge in [-0.25, -0.2) is 0 Å². The van der Waals surface area contributed by atoms with E-state index in [-0.39, 0.29) is 29.9 Å². The highest BCUT2D eigenvalue weighted by Gasteiger charge is 2.46. The van der Waals surface area contributed by atoms with Gasteiger partial charge in [-0.1, -0.05) is 159 Å². The molecule has 1 N–H and O–H groups in total. The molecule has 0 bridgehead atoms. The molecule has 1 saturated heterocycles. The number of rotatable bonds is 49. The van der Waals surface area contributed by atoms with Crippen molar-refractivity contribution in [1.29, 1.82) is 0 Å². The normalized spacial score (nSPS) is 18.6. The second kappa shape index (κ2) is 44.8. The van der Waals surface area contributed by atoms with Crippen molar-refractivity contribution < 1.29 is 28.6 Å². The average Bonchev–Trinajstić information content (AvgIpc) is 3.87. The molecular formula is C61H107N3O6. The predicted molar refractivity (Wildman–Crippen MR) is 295 cm³/mol. The number of carbonyl (C=O) groups excluding carboxylic acids is 3.